The molecule has 0 spiro atoms. The number of esters is 1. The number of ether oxygens (including phenoxy) is 1. The molecule has 0 aromatic rings. The quantitative estimate of drug-likeness (QED) is 0.438. The Morgan fingerprint density at radius 1 is 0.800 bits per heavy atom. The predicted molar refractivity (Wildman–Crippen MR) is 67.0 cm³/mol. The highest BCUT2D eigenvalue weighted by Gasteiger charge is 2.12. The number of carbonyl (C=O) groups excluding carboxylic acids is 4. The Hall–Kier alpha value is -2.05. The van der Waals surface area contributed by atoms with Gasteiger partial charge < -0.3 is 9.84 Å². The van der Waals surface area contributed by atoms with E-state index in [0.717, 1.165) is 0 Å². The molecule has 0 atom stereocenters. The molecular weight excluding hydrogens is 268 g/mol. The highest BCUT2D eigenvalue weighted by molar-refractivity contribution is 5.96. The Morgan fingerprint density at radius 3 is 1.70 bits per heavy atom. The predicted octanol–water partition coefficient (Wildman–Crippen LogP) is 0.682. The second-order valence-electron chi connectivity index (χ2n) is 4.28. The van der Waals surface area contributed by atoms with Crippen LogP contribution in [0, 0.1) is 0 Å². The van der Waals surface area contributed by atoms with E-state index in [-0.39, 0.29) is 50.3 Å². The fourth-order valence-corrected chi connectivity index (χ4v) is 1.37. The van der Waals surface area contributed by atoms with E-state index in [4.69, 9.17) is 5.11 Å². The highest BCUT2D eigenvalue weighted by atomic mass is 16.5. The SMILES string of the molecule is CC(=O)OCCC(=O)CCC(=O)CCC(=O)CC(=O)O. The summed E-state index contributed by atoms with van der Waals surface area (Å²) in [6.07, 6.45) is -0.651. The molecule has 0 unspecified atom stereocenters. The van der Waals surface area contributed by atoms with Crippen LogP contribution < -0.4 is 0 Å². The molecule has 0 heterocycles. The molecule has 1 N–H and O–H groups in total. The monoisotopic (exact) mass is 286 g/mol. The van der Waals surface area contributed by atoms with Crippen molar-refractivity contribution >= 4 is 29.3 Å². The summed E-state index contributed by atoms with van der Waals surface area (Å²) in [5.41, 5.74) is 0. The first-order valence-electron chi connectivity index (χ1n) is 6.21. The molecule has 112 valence electrons. The maximum atomic E-state index is 11.4. The van der Waals surface area contributed by atoms with Crippen LogP contribution in [0.4, 0.5) is 0 Å². The van der Waals surface area contributed by atoms with Gasteiger partial charge in [-0.15, -0.1) is 0 Å². The summed E-state index contributed by atoms with van der Waals surface area (Å²) in [7, 11) is 0. The zero-order chi connectivity index (χ0) is 15.5. The van der Waals surface area contributed by atoms with Crippen molar-refractivity contribution in [3.05, 3.63) is 0 Å². The molecule has 0 fully saturated rings. The van der Waals surface area contributed by atoms with E-state index >= 15 is 0 Å². The maximum Gasteiger partial charge on any atom is 0.310 e. The average molecular weight is 286 g/mol. The number of rotatable bonds is 11. The van der Waals surface area contributed by atoms with Crippen molar-refractivity contribution in [2.45, 2.75) is 45.4 Å². The zero-order valence-electron chi connectivity index (χ0n) is 11.3. The summed E-state index contributed by atoms with van der Waals surface area (Å²) in [4.78, 5) is 54.4. The van der Waals surface area contributed by atoms with Crippen LogP contribution in [0.1, 0.15) is 45.4 Å². The smallest absolute Gasteiger partial charge is 0.310 e. The molecule has 0 amide bonds. The molecule has 0 radical (unpaired) electrons. The second kappa shape index (κ2) is 9.82. The van der Waals surface area contributed by atoms with Gasteiger partial charge in [0.05, 0.1) is 6.61 Å². The summed E-state index contributed by atoms with van der Waals surface area (Å²) in [6.45, 7) is 1.24. The number of aliphatic carboxylic acids is 1. The lowest BCUT2D eigenvalue weighted by Crippen LogP contribution is -2.11. The summed E-state index contributed by atoms with van der Waals surface area (Å²) in [5, 5.41) is 8.36. The summed E-state index contributed by atoms with van der Waals surface area (Å²) in [6, 6.07) is 0. The molecule has 0 aromatic carbocycles. The second-order valence-corrected chi connectivity index (χ2v) is 4.28. The molecule has 0 aliphatic rings. The van der Waals surface area contributed by atoms with Crippen LogP contribution in [0.25, 0.3) is 0 Å². The van der Waals surface area contributed by atoms with Crippen LogP contribution in [0.15, 0.2) is 0 Å². The Balaban J connectivity index is 3.71. The van der Waals surface area contributed by atoms with Gasteiger partial charge in [-0.1, -0.05) is 0 Å². The minimum absolute atomic E-state index is 0.000541. The molecule has 0 saturated carbocycles. The van der Waals surface area contributed by atoms with Crippen LogP contribution in [0.3, 0.4) is 0 Å². The summed E-state index contributed by atoms with van der Waals surface area (Å²) in [5.74, 6) is -2.65. The first kappa shape index (κ1) is 17.9. The Morgan fingerprint density at radius 2 is 1.25 bits per heavy atom. The van der Waals surface area contributed by atoms with Crippen molar-refractivity contribution in [2.24, 2.45) is 0 Å². The lowest BCUT2D eigenvalue weighted by molar-refractivity contribution is -0.142. The number of carboxylic acids is 1. The van der Waals surface area contributed by atoms with Crippen molar-refractivity contribution in [2.75, 3.05) is 6.61 Å². The fraction of sp³-hybridized carbons (Fsp3) is 0.615. The van der Waals surface area contributed by atoms with Gasteiger partial charge in [0, 0.05) is 39.0 Å². The number of hydrogen-bond acceptors (Lipinski definition) is 6. The zero-order valence-corrected chi connectivity index (χ0v) is 11.3. The fourth-order valence-electron chi connectivity index (χ4n) is 1.37. The van der Waals surface area contributed by atoms with E-state index in [2.05, 4.69) is 4.74 Å². The van der Waals surface area contributed by atoms with Crippen molar-refractivity contribution in [3.8, 4) is 0 Å². The van der Waals surface area contributed by atoms with Crippen molar-refractivity contribution in [1.82, 2.24) is 0 Å². The molecule has 0 rings (SSSR count). The lowest BCUT2D eigenvalue weighted by atomic mass is 10.0. The number of Topliss-reactive ketones (excluding diaryl/α,β-unsaturated/α-hetero) is 3. The molecule has 0 bridgehead atoms. The molecule has 7 heteroatoms. The lowest BCUT2D eigenvalue weighted by Gasteiger charge is -2.02. The number of carbonyl (C=O) groups is 5. The van der Waals surface area contributed by atoms with Crippen LogP contribution in [0.5, 0.6) is 0 Å². The van der Waals surface area contributed by atoms with Gasteiger partial charge >= 0.3 is 11.9 Å². The molecule has 20 heavy (non-hydrogen) atoms. The third-order valence-corrected chi connectivity index (χ3v) is 2.40. The maximum absolute atomic E-state index is 11.4. The summed E-state index contributed by atoms with van der Waals surface area (Å²) < 4.78 is 4.59. The van der Waals surface area contributed by atoms with Crippen LogP contribution in [0.2, 0.25) is 0 Å². The van der Waals surface area contributed by atoms with Crippen molar-refractivity contribution in [3.63, 3.8) is 0 Å². The van der Waals surface area contributed by atoms with E-state index in [9.17, 15) is 24.0 Å². The van der Waals surface area contributed by atoms with E-state index in [0.29, 0.717) is 0 Å². The van der Waals surface area contributed by atoms with Gasteiger partial charge in [-0.3, -0.25) is 24.0 Å². The van der Waals surface area contributed by atoms with Gasteiger partial charge in [-0.25, -0.2) is 0 Å². The molecule has 0 saturated heterocycles. The Kier molecular flexibility index (Phi) is 8.82. The highest BCUT2D eigenvalue weighted by Crippen LogP contribution is 2.03. The molecule has 0 aliphatic heterocycles. The molecule has 0 aliphatic carbocycles. The first-order chi connectivity index (χ1) is 9.31. The number of ketones is 3. The molecule has 0 aromatic heterocycles. The normalized spacial score (nSPS) is 9.85. The summed E-state index contributed by atoms with van der Waals surface area (Å²) >= 11 is 0. The van der Waals surface area contributed by atoms with Gasteiger partial charge in [0.2, 0.25) is 0 Å². The van der Waals surface area contributed by atoms with Gasteiger partial charge in [0.15, 0.2) is 0 Å². The van der Waals surface area contributed by atoms with Crippen LogP contribution in [-0.2, 0) is 28.7 Å². The van der Waals surface area contributed by atoms with E-state index in [1.807, 2.05) is 0 Å². The Bertz CT molecular complexity index is 398. The third kappa shape index (κ3) is 11.1. The standard InChI is InChI=1S/C13H18O7/c1-9(14)20-7-6-11(16)3-2-10(15)4-5-12(17)8-13(18)19/h2-8H2,1H3,(H,18,19). The minimum Gasteiger partial charge on any atom is -0.481 e. The van der Waals surface area contributed by atoms with Crippen molar-refractivity contribution in [1.29, 1.82) is 0 Å². The van der Waals surface area contributed by atoms with Crippen molar-refractivity contribution < 1.29 is 33.8 Å². The molecular formula is C13H18O7. The topological polar surface area (TPSA) is 115 Å². The largest absolute Gasteiger partial charge is 0.481 e. The van der Waals surface area contributed by atoms with E-state index < -0.39 is 24.1 Å². The number of carboxylic acid groups (broad SMARTS) is 1. The van der Waals surface area contributed by atoms with Gasteiger partial charge in [-0.2, -0.15) is 0 Å². The average Bonchev–Trinajstić information content (AvgIpc) is 2.32. The number of hydrogen-bond donors (Lipinski definition) is 1. The first-order valence-corrected chi connectivity index (χ1v) is 6.21. The van der Waals surface area contributed by atoms with Crippen LogP contribution >= 0.6 is 0 Å². The van der Waals surface area contributed by atoms with Crippen LogP contribution in [-0.4, -0.2) is 41.0 Å². The minimum atomic E-state index is -1.22. The van der Waals surface area contributed by atoms with E-state index in [1.165, 1.54) is 6.92 Å². The van der Waals surface area contributed by atoms with Gasteiger partial charge in [-0.05, 0) is 0 Å². The van der Waals surface area contributed by atoms with Gasteiger partial charge in [0.25, 0.3) is 0 Å². The molecule has 7 nitrogen and oxygen atoms in total. The van der Waals surface area contributed by atoms with E-state index in [1.54, 1.807) is 0 Å². The Labute approximate surface area is 116 Å². The third-order valence-electron chi connectivity index (χ3n) is 2.40. The van der Waals surface area contributed by atoms with Gasteiger partial charge in [0.1, 0.15) is 23.8 Å².